The van der Waals surface area contributed by atoms with E-state index in [9.17, 15) is 9.90 Å². The zero-order valence-corrected chi connectivity index (χ0v) is 12.3. The number of rotatable bonds is 4. The lowest BCUT2D eigenvalue weighted by molar-refractivity contribution is -0.128. The van der Waals surface area contributed by atoms with Crippen molar-refractivity contribution >= 4 is 22.6 Å². The van der Waals surface area contributed by atoms with Gasteiger partial charge in [0.2, 0.25) is 5.91 Å². The average Bonchev–Trinajstić information content (AvgIpc) is 3.30. The Morgan fingerprint density at radius 2 is 2.14 bits per heavy atom. The molecule has 2 aliphatic rings. The van der Waals surface area contributed by atoms with Crippen molar-refractivity contribution in [3.63, 3.8) is 0 Å². The Balaban J connectivity index is 1.59. The largest absolute Gasteiger partial charge is 0.392 e. The first kappa shape index (κ1) is 13.5. The monoisotopic (exact) mass is 297 g/mol. The van der Waals surface area contributed by atoms with E-state index < -0.39 is 0 Å². The molecule has 0 spiro atoms. The van der Waals surface area contributed by atoms with Crippen LogP contribution in [0.4, 0.5) is 5.82 Å². The van der Waals surface area contributed by atoms with Crippen LogP contribution in [0.1, 0.15) is 24.8 Å². The van der Waals surface area contributed by atoms with Crippen LogP contribution in [-0.2, 0) is 11.4 Å². The minimum absolute atomic E-state index is 0.0623. The Bertz CT molecular complexity index is 727. The molecule has 1 aliphatic heterocycles. The van der Waals surface area contributed by atoms with Crippen molar-refractivity contribution in [2.75, 3.05) is 11.9 Å². The maximum absolute atomic E-state index is 12.0. The quantitative estimate of drug-likeness (QED) is 0.904. The fourth-order valence-corrected chi connectivity index (χ4v) is 3.17. The van der Waals surface area contributed by atoms with Gasteiger partial charge in [-0.15, -0.1) is 0 Å². The predicted octanol–water partition coefficient (Wildman–Crippen LogP) is 1.90. The van der Waals surface area contributed by atoms with Gasteiger partial charge in [-0.1, -0.05) is 18.2 Å². The minimum atomic E-state index is -0.0623. The minimum Gasteiger partial charge on any atom is -0.392 e. The summed E-state index contributed by atoms with van der Waals surface area (Å²) in [5.41, 5.74) is 1.67. The molecule has 2 N–H and O–H groups in total. The summed E-state index contributed by atoms with van der Waals surface area (Å²) in [6.07, 6.45) is 2.78. The molecule has 2 heterocycles. The topological polar surface area (TPSA) is 65.5 Å². The summed E-state index contributed by atoms with van der Waals surface area (Å²) < 4.78 is 0. The van der Waals surface area contributed by atoms with Crippen LogP contribution in [0, 0.1) is 0 Å². The van der Waals surface area contributed by atoms with Crippen LogP contribution in [0.3, 0.4) is 0 Å². The molecule has 1 aliphatic carbocycles. The van der Waals surface area contributed by atoms with Crippen molar-refractivity contribution in [3.05, 3.63) is 35.9 Å². The van der Waals surface area contributed by atoms with E-state index in [1.807, 2.05) is 35.2 Å². The summed E-state index contributed by atoms with van der Waals surface area (Å²) in [7, 11) is 0. The fraction of sp³-hybridized carbons (Fsp3) is 0.412. The molecule has 0 bridgehead atoms. The molecule has 1 atom stereocenters. The molecule has 5 heteroatoms. The number of hydrogen-bond donors (Lipinski definition) is 2. The number of anilines is 1. The Hall–Kier alpha value is -2.14. The number of amides is 1. The van der Waals surface area contributed by atoms with Crippen molar-refractivity contribution in [2.24, 2.45) is 0 Å². The van der Waals surface area contributed by atoms with Gasteiger partial charge in [0.15, 0.2) is 0 Å². The number of aliphatic hydroxyl groups excluding tert-OH is 1. The SMILES string of the molecule is O=C1C[C@H](Nc2nc3ccccc3cc2CO)CN1C1CC1. The van der Waals surface area contributed by atoms with Crippen molar-refractivity contribution in [3.8, 4) is 0 Å². The highest BCUT2D eigenvalue weighted by Crippen LogP contribution is 2.32. The Morgan fingerprint density at radius 1 is 1.32 bits per heavy atom. The number of aliphatic hydroxyl groups is 1. The number of nitrogens with one attached hydrogen (secondary N) is 1. The van der Waals surface area contributed by atoms with E-state index in [2.05, 4.69) is 10.3 Å². The molecular weight excluding hydrogens is 278 g/mol. The fourth-order valence-electron chi connectivity index (χ4n) is 3.17. The number of likely N-dealkylation sites (tertiary alicyclic amines) is 1. The van der Waals surface area contributed by atoms with Crippen LogP contribution < -0.4 is 5.32 Å². The number of para-hydroxylation sites is 1. The van der Waals surface area contributed by atoms with Gasteiger partial charge in [0.25, 0.3) is 0 Å². The standard InChI is InChI=1S/C17H19N3O2/c21-10-12-7-11-3-1-2-4-15(11)19-17(12)18-13-8-16(22)20(9-13)14-5-6-14/h1-4,7,13-14,21H,5-6,8-10H2,(H,18,19)/t13-/m0/s1. The van der Waals surface area contributed by atoms with Gasteiger partial charge in [-0.2, -0.15) is 0 Å². The van der Waals surface area contributed by atoms with E-state index >= 15 is 0 Å². The number of pyridine rings is 1. The van der Waals surface area contributed by atoms with E-state index in [1.54, 1.807) is 0 Å². The van der Waals surface area contributed by atoms with Gasteiger partial charge in [0.05, 0.1) is 18.2 Å². The Morgan fingerprint density at radius 3 is 2.91 bits per heavy atom. The van der Waals surface area contributed by atoms with E-state index in [1.165, 1.54) is 0 Å². The molecule has 1 saturated heterocycles. The van der Waals surface area contributed by atoms with E-state index in [0.717, 1.165) is 35.9 Å². The molecule has 2 aromatic rings. The molecule has 22 heavy (non-hydrogen) atoms. The smallest absolute Gasteiger partial charge is 0.225 e. The van der Waals surface area contributed by atoms with Crippen molar-refractivity contribution < 1.29 is 9.90 Å². The number of benzene rings is 1. The second-order valence-corrected chi connectivity index (χ2v) is 6.17. The van der Waals surface area contributed by atoms with Gasteiger partial charge in [-0.3, -0.25) is 4.79 Å². The third-order valence-corrected chi connectivity index (χ3v) is 4.46. The first-order chi connectivity index (χ1) is 10.7. The molecule has 4 rings (SSSR count). The molecule has 5 nitrogen and oxygen atoms in total. The first-order valence-corrected chi connectivity index (χ1v) is 7.80. The molecule has 114 valence electrons. The highest BCUT2D eigenvalue weighted by Gasteiger charge is 2.39. The summed E-state index contributed by atoms with van der Waals surface area (Å²) in [6, 6.07) is 10.3. The van der Waals surface area contributed by atoms with E-state index in [4.69, 9.17) is 0 Å². The summed E-state index contributed by atoms with van der Waals surface area (Å²) in [4.78, 5) is 18.6. The number of nitrogens with zero attached hydrogens (tertiary/aromatic N) is 2. The summed E-state index contributed by atoms with van der Waals surface area (Å²) >= 11 is 0. The van der Waals surface area contributed by atoms with Gasteiger partial charge in [0, 0.05) is 30.0 Å². The summed E-state index contributed by atoms with van der Waals surface area (Å²) in [5.74, 6) is 0.919. The maximum Gasteiger partial charge on any atom is 0.225 e. The molecule has 2 fully saturated rings. The average molecular weight is 297 g/mol. The van der Waals surface area contributed by atoms with Crippen molar-refractivity contribution in [1.82, 2.24) is 9.88 Å². The summed E-state index contributed by atoms with van der Waals surface area (Å²) in [5, 5.41) is 14.0. The number of fused-ring (bicyclic) bond motifs is 1. The molecule has 0 unspecified atom stereocenters. The maximum atomic E-state index is 12.0. The van der Waals surface area contributed by atoms with Gasteiger partial charge < -0.3 is 15.3 Å². The van der Waals surface area contributed by atoms with Gasteiger partial charge in [0.1, 0.15) is 5.82 Å². The Labute approximate surface area is 129 Å². The lowest BCUT2D eigenvalue weighted by atomic mass is 10.1. The Kier molecular flexibility index (Phi) is 3.22. The molecule has 1 saturated carbocycles. The summed E-state index contributed by atoms with van der Waals surface area (Å²) in [6.45, 7) is 0.677. The molecule has 1 aromatic heterocycles. The lowest BCUT2D eigenvalue weighted by Gasteiger charge is -2.18. The van der Waals surface area contributed by atoms with Gasteiger partial charge >= 0.3 is 0 Å². The zero-order valence-electron chi connectivity index (χ0n) is 12.3. The lowest BCUT2D eigenvalue weighted by Crippen LogP contribution is -2.30. The van der Waals surface area contributed by atoms with Crippen LogP contribution in [0.5, 0.6) is 0 Å². The van der Waals surface area contributed by atoms with Crippen LogP contribution in [0.25, 0.3) is 10.9 Å². The highest BCUT2D eigenvalue weighted by atomic mass is 16.3. The predicted molar refractivity (Wildman–Crippen MR) is 84.4 cm³/mol. The second-order valence-electron chi connectivity index (χ2n) is 6.17. The third kappa shape index (κ3) is 2.41. The van der Waals surface area contributed by atoms with Gasteiger partial charge in [-0.25, -0.2) is 4.98 Å². The molecule has 0 radical (unpaired) electrons. The van der Waals surface area contributed by atoms with Crippen LogP contribution >= 0.6 is 0 Å². The molecular formula is C17H19N3O2. The zero-order chi connectivity index (χ0) is 15.1. The van der Waals surface area contributed by atoms with Crippen LogP contribution in [-0.4, -0.2) is 39.5 Å². The number of aromatic nitrogens is 1. The van der Waals surface area contributed by atoms with E-state index in [0.29, 0.717) is 18.3 Å². The number of carbonyl (C=O) groups excluding carboxylic acids is 1. The second kappa shape index (κ2) is 5.25. The van der Waals surface area contributed by atoms with E-state index in [-0.39, 0.29) is 18.6 Å². The third-order valence-electron chi connectivity index (χ3n) is 4.46. The normalized spacial score (nSPS) is 21.6. The molecule has 1 aromatic carbocycles. The molecule has 1 amide bonds. The van der Waals surface area contributed by atoms with Crippen LogP contribution in [0.2, 0.25) is 0 Å². The highest BCUT2D eigenvalue weighted by molar-refractivity contribution is 5.83. The first-order valence-electron chi connectivity index (χ1n) is 7.80. The number of carbonyl (C=O) groups is 1. The van der Waals surface area contributed by atoms with Gasteiger partial charge in [-0.05, 0) is 25.0 Å². The number of hydrogen-bond acceptors (Lipinski definition) is 4. The van der Waals surface area contributed by atoms with Crippen molar-refractivity contribution in [1.29, 1.82) is 0 Å². The van der Waals surface area contributed by atoms with Crippen LogP contribution in [0.15, 0.2) is 30.3 Å². The van der Waals surface area contributed by atoms with Crippen molar-refractivity contribution in [2.45, 2.75) is 38.0 Å².